The molecule has 0 aromatic heterocycles. The third-order valence-corrected chi connectivity index (χ3v) is 4.44. The molecule has 7 nitrogen and oxygen atoms in total. The molecule has 3 aromatic carbocycles. The highest BCUT2D eigenvalue weighted by Gasteiger charge is 2.17. The number of amides is 3. The standard InChI is InChI=1S/C22H17BrN4O3/c23-16-10-12-17(13-11-16)25-20(28)18-8-4-5-9-19(18)26-21(29)22(30)27-24-14-15-6-2-1-3-7-15/h1-14H,(H,25,28)(H,26,29)(H,27,30)/b24-14-. The molecule has 0 saturated heterocycles. The predicted octanol–water partition coefficient (Wildman–Crippen LogP) is 3.79. The van der Waals surface area contributed by atoms with Crippen molar-refractivity contribution in [1.82, 2.24) is 5.43 Å². The second kappa shape index (κ2) is 10.1. The number of nitrogens with one attached hydrogen (secondary N) is 3. The predicted molar refractivity (Wildman–Crippen MR) is 119 cm³/mol. The van der Waals surface area contributed by atoms with Crippen molar-refractivity contribution < 1.29 is 14.4 Å². The molecule has 150 valence electrons. The summed E-state index contributed by atoms with van der Waals surface area (Å²) in [5.41, 5.74) is 3.95. The summed E-state index contributed by atoms with van der Waals surface area (Å²) in [7, 11) is 0. The molecule has 3 rings (SSSR count). The number of hydrogen-bond acceptors (Lipinski definition) is 4. The quantitative estimate of drug-likeness (QED) is 0.304. The smallest absolute Gasteiger partial charge is 0.322 e. The number of benzene rings is 3. The van der Waals surface area contributed by atoms with Gasteiger partial charge in [-0.2, -0.15) is 5.10 Å². The van der Waals surface area contributed by atoms with Crippen LogP contribution in [-0.4, -0.2) is 23.9 Å². The lowest BCUT2D eigenvalue weighted by Gasteiger charge is -2.11. The first-order valence-electron chi connectivity index (χ1n) is 8.88. The summed E-state index contributed by atoms with van der Waals surface area (Å²) in [4.78, 5) is 36.8. The van der Waals surface area contributed by atoms with Crippen LogP contribution in [0, 0.1) is 0 Å². The van der Waals surface area contributed by atoms with Crippen LogP contribution in [0.15, 0.2) is 88.4 Å². The van der Waals surface area contributed by atoms with Crippen LogP contribution in [0.4, 0.5) is 11.4 Å². The molecule has 0 atom stereocenters. The number of para-hydroxylation sites is 1. The van der Waals surface area contributed by atoms with E-state index in [4.69, 9.17) is 0 Å². The van der Waals surface area contributed by atoms with Gasteiger partial charge in [-0.25, -0.2) is 5.43 Å². The number of hydrogen-bond donors (Lipinski definition) is 3. The molecule has 3 amide bonds. The van der Waals surface area contributed by atoms with Crippen molar-refractivity contribution in [3.05, 3.63) is 94.5 Å². The number of carbonyl (C=O) groups is 3. The average Bonchev–Trinajstić information content (AvgIpc) is 2.76. The van der Waals surface area contributed by atoms with E-state index < -0.39 is 17.7 Å². The van der Waals surface area contributed by atoms with E-state index in [1.807, 2.05) is 18.2 Å². The zero-order valence-electron chi connectivity index (χ0n) is 15.6. The molecule has 0 bridgehead atoms. The van der Waals surface area contributed by atoms with E-state index in [9.17, 15) is 14.4 Å². The lowest BCUT2D eigenvalue weighted by Crippen LogP contribution is -2.33. The summed E-state index contributed by atoms with van der Waals surface area (Å²) < 4.78 is 0.883. The van der Waals surface area contributed by atoms with Gasteiger partial charge in [-0.05, 0) is 42.0 Å². The Morgan fingerprint density at radius 2 is 1.43 bits per heavy atom. The van der Waals surface area contributed by atoms with Gasteiger partial charge in [0.05, 0.1) is 17.5 Å². The van der Waals surface area contributed by atoms with Crippen LogP contribution < -0.4 is 16.1 Å². The number of carbonyl (C=O) groups excluding carboxylic acids is 3. The van der Waals surface area contributed by atoms with Crippen LogP contribution in [0.1, 0.15) is 15.9 Å². The number of halogens is 1. The van der Waals surface area contributed by atoms with Gasteiger partial charge >= 0.3 is 11.8 Å². The van der Waals surface area contributed by atoms with E-state index in [1.54, 1.807) is 54.6 Å². The van der Waals surface area contributed by atoms with Crippen molar-refractivity contribution in [2.24, 2.45) is 5.10 Å². The SMILES string of the molecule is O=C(N/N=C\c1ccccc1)C(=O)Nc1ccccc1C(=O)Nc1ccc(Br)cc1. The molecule has 3 N–H and O–H groups in total. The lowest BCUT2D eigenvalue weighted by molar-refractivity contribution is -0.136. The van der Waals surface area contributed by atoms with Gasteiger partial charge in [0.25, 0.3) is 5.91 Å². The Labute approximate surface area is 181 Å². The maximum absolute atomic E-state index is 12.6. The zero-order chi connectivity index (χ0) is 21.3. The second-order valence-electron chi connectivity index (χ2n) is 6.07. The van der Waals surface area contributed by atoms with E-state index >= 15 is 0 Å². The van der Waals surface area contributed by atoms with Crippen molar-refractivity contribution in [2.45, 2.75) is 0 Å². The maximum Gasteiger partial charge on any atom is 0.329 e. The van der Waals surface area contributed by atoms with Crippen molar-refractivity contribution in [1.29, 1.82) is 0 Å². The van der Waals surface area contributed by atoms with Crippen molar-refractivity contribution in [2.75, 3.05) is 10.6 Å². The van der Waals surface area contributed by atoms with Gasteiger partial charge in [0, 0.05) is 10.2 Å². The fourth-order valence-electron chi connectivity index (χ4n) is 2.46. The largest absolute Gasteiger partial charge is 0.329 e. The van der Waals surface area contributed by atoms with Gasteiger partial charge in [0.15, 0.2) is 0 Å². The lowest BCUT2D eigenvalue weighted by atomic mass is 10.1. The van der Waals surface area contributed by atoms with Crippen LogP contribution >= 0.6 is 15.9 Å². The third-order valence-electron chi connectivity index (χ3n) is 3.91. The van der Waals surface area contributed by atoms with Crippen molar-refractivity contribution in [3.8, 4) is 0 Å². The van der Waals surface area contributed by atoms with Gasteiger partial charge in [0.2, 0.25) is 0 Å². The summed E-state index contributed by atoms with van der Waals surface area (Å²) >= 11 is 3.33. The first-order valence-corrected chi connectivity index (χ1v) is 9.67. The number of anilines is 2. The molecule has 0 aliphatic heterocycles. The van der Waals surface area contributed by atoms with E-state index in [2.05, 4.69) is 37.1 Å². The van der Waals surface area contributed by atoms with Gasteiger partial charge < -0.3 is 10.6 Å². The molecule has 0 heterocycles. The highest BCUT2D eigenvalue weighted by Crippen LogP contribution is 2.19. The Balaban J connectivity index is 1.64. The first-order chi connectivity index (χ1) is 14.5. The molecule has 0 fully saturated rings. The molecule has 30 heavy (non-hydrogen) atoms. The molecule has 0 aliphatic carbocycles. The van der Waals surface area contributed by atoms with E-state index in [0.717, 1.165) is 10.0 Å². The fraction of sp³-hybridized carbons (Fsp3) is 0. The van der Waals surface area contributed by atoms with Crippen LogP contribution in [0.2, 0.25) is 0 Å². The molecule has 0 spiro atoms. The number of rotatable bonds is 5. The Bertz CT molecular complexity index is 1080. The molecular weight excluding hydrogens is 448 g/mol. The van der Waals surface area contributed by atoms with Crippen molar-refractivity contribution >= 4 is 51.2 Å². The summed E-state index contributed by atoms with van der Waals surface area (Å²) in [5.74, 6) is -2.31. The molecule has 0 saturated carbocycles. The Hall–Kier alpha value is -3.78. The molecule has 0 unspecified atom stereocenters. The average molecular weight is 465 g/mol. The van der Waals surface area contributed by atoms with Gasteiger partial charge in [-0.15, -0.1) is 0 Å². The van der Waals surface area contributed by atoms with E-state index in [-0.39, 0.29) is 11.3 Å². The minimum atomic E-state index is -0.953. The number of nitrogens with zero attached hydrogens (tertiary/aromatic N) is 1. The topological polar surface area (TPSA) is 99.7 Å². The third kappa shape index (κ3) is 5.86. The normalized spacial score (nSPS) is 10.4. The second-order valence-corrected chi connectivity index (χ2v) is 6.99. The van der Waals surface area contributed by atoms with Gasteiger partial charge in [-0.1, -0.05) is 58.4 Å². The Morgan fingerprint density at radius 3 is 2.17 bits per heavy atom. The maximum atomic E-state index is 12.6. The highest BCUT2D eigenvalue weighted by atomic mass is 79.9. The highest BCUT2D eigenvalue weighted by molar-refractivity contribution is 9.10. The first kappa shape index (κ1) is 20.9. The van der Waals surface area contributed by atoms with E-state index in [0.29, 0.717) is 5.69 Å². The van der Waals surface area contributed by atoms with Crippen LogP contribution in [0.5, 0.6) is 0 Å². The molecule has 8 heteroatoms. The molecular formula is C22H17BrN4O3. The van der Waals surface area contributed by atoms with E-state index in [1.165, 1.54) is 12.3 Å². The Morgan fingerprint density at radius 1 is 0.767 bits per heavy atom. The van der Waals surface area contributed by atoms with Crippen LogP contribution in [-0.2, 0) is 9.59 Å². The molecule has 0 aliphatic rings. The molecule has 3 aromatic rings. The fourth-order valence-corrected chi connectivity index (χ4v) is 2.72. The van der Waals surface area contributed by atoms with Gasteiger partial charge in [-0.3, -0.25) is 14.4 Å². The molecule has 0 radical (unpaired) electrons. The summed E-state index contributed by atoms with van der Waals surface area (Å²) in [6.07, 6.45) is 1.42. The van der Waals surface area contributed by atoms with Crippen LogP contribution in [0.3, 0.4) is 0 Å². The summed E-state index contributed by atoms with van der Waals surface area (Å²) in [5, 5.41) is 8.94. The monoisotopic (exact) mass is 464 g/mol. The zero-order valence-corrected chi connectivity index (χ0v) is 17.2. The van der Waals surface area contributed by atoms with Crippen molar-refractivity contribution in [3.63, 3.8) is 0 Å². The minimum absolute atomic E-state index is 0.208. The number of hydrazone groups is 1. The van der Waals surface area contributed by atoms with Gasteiger partial charge in [0.1, 0.15) is 0 Å². The minimum Gasteiger partial charge on any atom is -0.322 e. The summed E-state index contributed by atoms with van der Waals surface area (Å²) in [6.45, 7) is 0. The van der Waals surface area contributed by atoms with Crippen LogP contribution in [0.25, 0.3) is 0 Å². The Kier molecular flexibility index (Phi) is 7.07. The summed E-state index contributed by atoms with van der Waals surface area (Å²) in [6, 6.07) is 22.6.